The Labute approximate surface area is 244 Å². The summed E-state index contributed by atoms with van der Waals surface area (Å²) in [6.45, 7) is 11.3. The number of rotatable bonds is 13. The second-order valence-corrected chi connectivity index (χ2v) is 18.1. The van der Waals surface area contributed by atoms with Gasteiger partial charge in [0.1, 0.15) is 0 Å². The summed E-state index contributed by atoms with van der Waals surface area (Å²) in [5.74, 6) is -0.0602. The van der Waals surface area contributed by atoms with Gasteiger partial charge in [0, 0.05) is 33.2 Å². The molecule has 3 rings (SSSR count). The zero-order valence-electron chi connectivity index (χ0n) is 24.2. The molecule has 2 aromatic rings. The van der Waals surface area contributed by atoms with Crippen LogP contribution in [0.4, 0.5) is 0 Å². The van der Waals surface area contributed by atoms with Gasteiger partial charge < -0.3 is 9.16 Å². The Balaban J connectivity index is 1.69. The molecule has 1 aromatic heterocycles. The minimum absolute atomic E-state index is 0.0502. The first kappa shape index (κ1) is 31.5. The van der Waals surface area contributed by atoms with E-state index in [1.54, 1.807) is 17.4 Å². The fraction of sp³-hybridized carbons (Fsp3) is 0.500. The SMILES string of the molecule is COC(=O)CCC/C=C\C[C@H]1C(=O)C=C[C@@H]1/C=C/C(CCc1sc2ccccc2c1Cl)O[Si](C)(C)C(C)(C)C. The van der Waals surface area contributed by atoms with Gasteiger partial charge in [0.05, 0.1) is 18.2 Å². The minimum Gasteiger partial charge on any atom is -0.469 e. The van der Waals surface area contributed by atoms with Crippen molar-refractivity contribution in [2.45, 2.75) is 83.5 Å². The van der Waals surface area contributed by atoms with Gasteiger partial charge in [0.2, 0.25) is 0 Å². The number of aryl methyl sites for hydroxylation is 1. The van der Waals surface area contributed by atoms with Crippen LogP contribution in [0.1, 0.15) is 57.8 Å². The van der Waals surface area contributed by atoms with Gasteiger partial charge in [0.25, 0.3) is 0 Å². The highest BCUT2D eigenvalue weighted by atomic mass is 35.5. The van der Waals surface area contributed by atoms with E-state index in [4.69, 9.17) is 16.0 Å². The largest absolute Gasteiger partial charge is 0.469 e. The van der Waals surface area contributed by atoms with Crippen molar-refractivity contribution in [3.8, 4) is 0 Å². The van der Waals surface area contributed by atoms with Gasteiger partial charge in [-0.05, 0) is 62.4 Å². The van der Waals surface area contributed by atoms with Crippen molar-refractivity contribution in [2.75, 3.05) is 7.11 Å². The second kappa shape index (κ2) is 14.1. The van der Waals surface area contributed by atoms with E-state index in [2.05, 4.69) is 81.1 Å². The summed E-state index contributed by atoms with van der Waals surface area (Å²) in [4.78, 5) is 25.1. The van der Waals surface area contributed by atoms with Crippen molar-refractivity contribution < 1.29 is 18.8 Å². The van der Waals surface area contributed by atoms with Gasteiger partial charge in [-0.25, -0.2) is 0 Å². The molecule has 0 N–H and O–H groups in total. The molecule has 0 amide bonds. The molecule has 0 spiro atoms. The van der Waals surface area contributed by atoms with Crippen LogP contribution in [0.15, 0.2) is 60.7 Å². The predicted octanol–water partition coefficient (Wildman–Crippen LogP) is 9.09. The number of allylic oxidation sites excluding steroid dienone is 5. The van der Waals surface area contributed by atoms with Crippen LogP contribution in [-0.4, -0.2) is 33.3 Å². The number of ether oxygens (including phenoxy) is 1. The highest BCUT2D eigenvalue weighted by molar-refractivity contribution is 7.19. The van der Waals surface area contributed by atoms with Crippen molar-refractivity contribution in [3.63, 3.8) is 0 Å². The van der Waals surface area contributed by atoms with Crippen LogP contribution in [-0.2, 0) is 25.2 Å². The third kappa shape index (κ3) is 8.74. The molecule has 1 unspecified atom stereocenters. The van der Waals surface area contributed by atoms with Crippen LogP contribution in [0.5, 0.6) is 0 Å². The van der Waals surface area contributed by atoms with Gasteiger partial charge >= 0.3 is 5.97 Å². The number of hydrogen-bond acceptors (Lipinski definition) is 5. The molecular formula is C32H43ClO4SSi. The Morgan fingerprint density at radius 1 is 1.21 bits per heavy atom. The lowest BCUT2D eigenvalue weighted by molar-refractivity contribution is -0.140. The zero-order valence-corrected chi connectivity index (χ0v) is 26.7. The molecule has 0 fully saturated rings. The number of unbranched alkanes of at least 4 members (excludes halogenated alkanes) is 1. The molecule has 0 bridgehead atoms. The maximum absolute atomic E-state index is 12.6. The number of fused-ring (bicyclic) bond motifs is 1. The Kier molecular flexibility index (Phi) is 11.4. The Morgan fingerprint density at radius 3 is 2.64 bits per heavy atom. The van der Waals surface area contributed by atoms with Crippen LogP contribution in [0.3, 0.4) is 0 Å². The first-order valence-corrected chi connectivity index (χ1v) is 18.0. The topological polar surface area (TPSA) is 52.6 Å². The van der Waals surface area contributed by atoms with Crippen molar-refractivity contribution in [1.29, 1.82) is 0 Å². The Morgan fingerprint density at radius 2 is 1.95 bits per heavy atom. The molecular weight excluding hydrogens is 544 g/mol. The molecule has 0 radical (unpaired) electrons. The highest BCUT2D eigenvalue weighted by Gasteiger charge is 2.39. The smallest absolute Gasteiger partial charge is 0.305 e. The van der Waals surface area contributed by atoms with Crippen LogP contribution in [0.25, 0.3) is 10.1 Å². The molecule has 4 nitrogen and oxygen atoms in total. The first-order chi connectivity index (χ1) is 18.4. The summed E-state index contributed by atoms with van der Waals surface area (Å²) < 4.78 is 12.8. The average molecular weight is 587 g/mol. The van der Waals surface area contributed by atoms with Gasteiger partial charge in [-0.3, -0.25) is 9.59 Å². The quantitative estimate of drug-likeness (QED) is 0.102. The lowest BCUT2D eigenvalue weighted by atomic mass is 9.90. The summed E-state index contributed by atoms with van der Waals surface area (Å²) in [7, 11) is -0.605. The molecule has 0 saturated heterocycles. The number of esters is 1. The number of methoxy groups -OCH3 is 1. The summed E-state index contributed by atoms with van der Waals surface area (Å²) in [6.07, 6.45) is 16.5. The molecule has 0 saturated carbocycles. The summed E-state index contributed by atoms with van der Waals surface area (Å²) in [5.41, 5.74) is 0. The van der Waals surface area contributed by atoms with E-state index in [-0.39, 0.29) is 34.7 Å². The first-order valence-electron chi connectivity index (χ1n) is 13.9. The molecule has 1 aromatic carbocycles. The van der Waals surface area contributed by atoms with Crippen molar-refractivity contribution in [1.82, 2.24) is 0 Å². The third-order valence-electron chi connectivity index (χ3n) is 7.91. The lowest BCUT2D eigenvalue weighted by Gasteiger charge is -2.38. The van der Waals surface area contributed by atoms with Crippen LogP contribution in [0.2, 0.25) is 23.2 Å². The third-order valence-corrected chi connectivity index (χ3v) is 14.2. The molecule has 1 aliphatic carbocycles. The maximum Gasteiger partial charge on any atom is 0.305 e. The molecule has 3 atom stereocenters. The van der Waals surface area contributed by atoms with Crippen LogP contribution in [0, 0.1) is 11.8 Å². The number of ketones is 1. The van der Waals surface area contributed by atoms with Crippen LogP contribution < -0.4 is 0 Å². The van der Waals surface area contributed by atoms with E-state index in [0.29, 0.717) is 12.8 Å². The van der Waals surface area contributed by atoms with Crippen molar-refractivity contribution >= 4 is 53.1 Å². The molecule has 39 heavy (non-hydrogen) atoms. The summed E-state index contributed by atoms with van der Waals surface area (Å²) >= 11 is 8.51. The van der Waals surface area contributed by atoms with Gasteiger partial charge in [-0.15, -0.1) is 11.3 Å². The van der Waals surface area contributed by atoms with E-state index in [0.717, 1.165) is 36.1 Å². The van der Waals surface area contributed by atoms with Gasteiger partial charge in [-0.2, -0.15) is 0 Å². The normalized spacial score (nSPS) is 19.1. The van der Waals surface area contributed by atoms with Crippen molar-refractivity contribution in [2.24, 2.45) is 11.8 Å². The number of halogens is 1. The molecule has 1 aliphatic rings. The average Bonchev–Trinajstić information content (AvgIpc) is 3.40. The van der Waals surface area contributed by atoms with Gasteiger partial charge in [-0.1, -0.05) is 81.0 Å². The van der Waals surface area contributed by atoms with Gasteiger partial charge in [0.15, 0.2) is 14.1 Å². The van der Waals surface area contributed by atoms with E-state index in [1.165, 1.54) is 16.7 Å². The number of carbonyl (C=O) groups excluding carboxylic acids is 2. The lowest BCUT2D eigenvalue weighted by Crippen LogP contribution is -2.43. The molecule has 212 valence electrons. The van der Waals surface area contributed by atoms with Crippen LogP contribution >= 0.6 is 22.9 Å². The molecule has 0 aliphatic heterocycles. The predicted molar refractivity (Wildman–Crippen MR) is 167 cm³/mol. The zero-order chi connectivity index (χ0) is 28.6. The Bertz CT molecular complexity index is 1220. The Hall–Kier alpha value is -1.99. The number of hydrogen-bond donors (Lipinski definition) is 0. The number of benzene rings is 1. The number of thiophene rings is 1. The van der Waals surface area contributed by atoms with E-state index in [1.807, 2.05) is 12.1 Å². The standard InChI is InChI=1S/C32H43ClO4SSi/c1-32(2,3)39(5,6)37-24(20-22-29-31(33)26-14-11-12-15-28(26)38-29)19-17-23-18-21-27(34)25(23)13-9-7-8-10-16-30(35)36-4/h7,9,11-12,14-15,17-19,21,23-25H,8,10,13,16,20,22H2,1-6H3/b9-7-,19-17+/t23-,24?,25+/m0/s1. The van der Waals surface area contributed by atoms with E-state index >= 15 is 0 Å². The van der Waals surface area contributed by atoms with E-state index in [9.17, 15) is 9.59 Å². The number of carbonyl (C=O) groups is 2. The monoisotopic (exact) mass is 586 g/mol. The summed E-state index contributed by atoms with van der Waals surface area (Å²) in [5, 5.41) is 2.07. The fourth-order valence-corrected chi connectivity index (χ4v) is 7.30. The maximum atomic E-state index is 12.6. The second-order valence-electron chi connectivity index (χ2n) is 11.8. The highest BCUT2D eigenvalue weighted by Crippen LogP contribution is 2.40. The van der Waals surface area contributed by atoms with Crippen molar-refractivity contribution in [3.05, 3.63) is 70.6 Å². The minimum atomic E-state index is -2.01. The molecule has 7 heteroatoms. The molecule has 1 heterocycles. The van der Waals surface area contributed by atoms with E-state index < -0.39 is 8.32 Å². The fourth-order valence-electron chi connectivity index (χ4n) is 4.45. The summed E-state index contributed by atoms with van der Waals surface area (Å²) in [6, 6.07) is 8.28.